The molecule has 0 spiro atoms. The van der Waals surface area contributed by atoms with E-state index in [-0.39, 0.29) is 29.8 Å². The van der Waals surface area contributed by atoms with Crippen LogP contribution in [-0.4, -0.2) is 67.6 Å². The Morgan fingerprint density at radius 3 is 2.42 bits per heavy atom. The molecule has 1 saturated heterocycles. The summed E-state index contributed by atoms with van der Waals surface area (Å²) in [6.45, 7) is 1.22. The summed E-state index contributed by atoms with van der Waals surface area (Å²) in [6.07, 6.45) is 3.28. The van der Waals surface area contributed by atoms with E-state index in [1.54, 1.807) is 54.6 Å². The van der Waals surface area contributed by atoms with Crippen molar-refractivity contribution in [3.63, 3.8) is 0 Å². The molecule has 40 heavy (non-hydrogen) atoms. The fourth-order valence-electron chi connectivity index (χ4n) is 5.07. The summed E-state index contributed by atoms with van der Waals surface area (Å²) >= 11 is 0. The summed E-state index contributed by atoms with van der Waals surface area (Å²) in [4.78, 5) is 42.5. The van der Waals surface area contributed by atoms with Gasteiger partial charge < -0.3 is 29.8 Å². The Bertz CT molecular complexity index is 1400. The van der Waals surface area contributed by atoms with E-state index in [0.29, 0.717) is 48.6 Å². The van der Waals surface area contributed by atoms with Gasteiger partial charge in [0.2, 0.25) is 5.56 Å². The molecule has 1 aliphatic heterocycles. The molecule has 4 rings (SSSR count). The lowest BCUT2D eigenvalue weighted by Gasteiger charge is -2.31. The van der Waals surface area contributed by atoms with E-state index in [1.165, 1.54) is 13.2 Å². The number of hydrogen-bond donors (Lipinski definition) is 3. The molecule has 2 aromatic carbocycles. The van der Waals surface area contributed by atoms with Crippen LogP contribution in [-0.2, 0) is 20.7 Å². The number of esters is 1. The number of amidine groups is 1. The number of nitrogens with zero attached hydrogens (tertiary/aromatic N) is 1. The third-order valence-electron chi connectivity index (χ3n) is 7.13. The molecule has 2 heterocycles. The lowest BCUT2D eigenvalue weighted by molar-refractivity contribution is -0.147. The predicted octanol–water partition coefficient (Wildman–Crippen LogP) is 2.99. The van der Waals surface area contributed by atoms with Crippen LogP contribution in [0.5, 0.6) is 5.75 Å². The maximum Gasteiger partial charge on any atom is 0.311 e. The van der Waals surface area contributed by atoms with Crippen LogP contribution in [0.25, 0.3) is 11.1 Å². The predicted molar refractivity (Wildman–Crippen MR) is 151 cm³/mol. The smallest absolute Gasteiger partial charge is 0.311 e. The van der Waals surface area contributed by atoms with Crippen LogP contribution in [0.4, 0.5) is 0 Å². The first-order valence-corrected chi connectivity index (χ1v) is 13.1. The number of rotatable bonds is 11. The second-order valence-corrected chi connectivity index (χ2v) is 9.64. The highest BCUT2D eigenvalue weighted by Crippen LogP contribution is 2.32. The lowest BCUT2D eigenvalue weighted by atomic mass is 9.89. The molecule has 1 aromatic heterocycles. The number of benzene rings is 2. The summed E-state index contributed by atoms with van der Waals surface area (Å²) in [6, 6.07) is 15.1. The SMILES string of the molecule is COCCOc1ccc(C(=N)N)cc1CC(C(=O)OC)[C@H]1CCCN1C(=O)c1ccc(-c2ccc(=O)[nH]c2)cc1. The molecule has 1 amide bonds. The van der Waals surface area contributed by atoms with Gasteiger partial charge in [-0.05, 0) is 72.4 Å². The molecule has 1 aliphatic rings. The molecule has 0 aliphatic carbocycles. The fourth-order valence-corrected chi connectivity index (χ4v) is 5.07. The zero-order valence-corrected chi connectivity index (χ0v) is 22.6. The van der Waals surface area contributed by atoms with E-state index in [0.717, 1.165) is 17.5 Å². The number of H-pyrrole nitrogens is 1. The van der Waals surface area contributed by atoms with E-state index < -0.39 is 11.9 Å². The maximum absolute atomic E-state index is 13.6. The van der Waals surface area contributed by atoms with Crippen LogP contribution in [0.1, 0.15) is 34.3 Å². The molecule has 0 bridgehead atoms. The van der Waals surface area contributed by atoms with Gasteiger partial charge in [-0.1, -0.05) is 12.1 Å². The Hall–Kier alpha value is -4.44. The first-order chi connectivity index (χ1) is 19.3. The van der Waals surface area contributed by atoms with Crippen molar-refractivity contribution in [2.24, 2.45) is 11.7 Å². The highest BCUT2D eigenvalue weighted by molar-refractivity contribution is 5.96. The zero-order valence-electron chi connectivity index (χ0n) is 22.6. The molecule has 210 valence electrons. The highest BCUT2D eigenvalue weighted by Gasteiger charge is 2.40. The van der Waals surface area contributed by atoms with Crippen LogP contribution in [0.15, 0.2) is 65.6 Å². The summed E-state index contributed by atoms with van der Waals surface area (Å²) in [5.41, 5.74) is 8.97. The Morgan fingerprint density at radius 2 is 1.77 bits per heavy atom. The Balaban J connectivity index is 1.59. The van der Waals surface area contributed by atoms with Gasteiger partial charge >= 0.3 is 5.97 Å². The topological polar surface area (TPSA) is 148 Å². The van der Waals surface area contributed by atoms with Gasteiger partial charge in [0, 0.05) is 43.1 Å². The maximum atomic E-state index is 13.6. The van der Waals surface area contributed by atoms with E-state index >= 15 is 0 Å². The summed E-state index contributed by atoms with van der Waals surface area (Å²) in [5, 5.41) is 7.86. The molecule has 1 fully saturated rings. The van der Waals surface area contributed by atoms with Crippen molar-refractivity contribution >= 4 is 17.7 Å². The number of carbonyl (C=O) groups is 2. The molecule has 4 N–H and O–H groups in total. The number of aromatic nitrogens is 1. The van der Waals surface area contributed by atoms with E-state index in [2.05, 4.69) is 4.98 Å². The lowest BCUT2D eigenvalue weighted by Crippen LogP contribution is -2.44. The largest absolute Gasteiger partial charge is 0.491 e. The average molecular weight is 547 g/mol. The second kappa shape index (κ2) is 13.1. The number of hydrogen-bond acceptors (Lipinski definition) is 7. The van der Waals surface area contributed by atoms with Gasteiger partial charge in [0.15, 0.2) is 0 Å². The summed E-state index contributed by atoms with van der Waals surface area (Å²) in [5.74, 6) is -0.775. The number of methoxy groups -OCH3 is 2. The van der Waals surface area contributed by atoms with Crippen molar-refractivity contribution < 1.29 is 23.8 Å². The summed E-state index contributed by atoms with van der Waals surface area (Å²) < 4.78 is 16.2. The molecule has 2 atom stereocenters. The molecule has 10 heteroatoms. The quantitative estimate of drug-likeness (QED) is 0.145. The summed E-state index contributed by atoms with van der Waals surface area (Å²) in [7, 11) is 2.92. The van der Waals surface area contributed by atoms with E-state index in [9.17, 15) is 14.4 Å². The Labute approximate surface area is 232 Å². The Morgan fingerprint density at radius 1 is 1.05 bits per heavy atom. The molecule has 0 radical (unpaired) electrons. The number of nitrogens with one attached hydrogen (secondary N) is 2. The average Bonchev–Trinajstić information content (AvgIpc) is 3.46. The monoisotopic (exact) mass is 546 g/mol. The number of aromatic amines is 1. The normalized spacial score (nSPS) is 15.4. The van der Waals surface area contributed by atoms with Crippen molar-refractivity contribution in [3.05, 3.63) is 87.8 Å². The van der Waals surface area contributed by atoms with Gasteiger partial charge in [0.1, 0.15) is 18.2 Å². The minimum absolute atomic E-state index is 0.0951. The molecular weight excluding hydrogens is 512 g/mol. The minimum atomic E-state index is -0.649. The highest BCUT2D eigenvalue weighted by atomic mass is 16.5. The fraction of sp³-hybridized carbons (Fsp3) is 0.333. The first kappa shape index (κ1) is 28.6. The van der Waals surface area contributed by atoms with Crippen molar-refractivity contribution in [1.29, 1.82) is 5.41 Å². The zero-order chi connectivity index (χ0) is 28.6. The minimum Gasteiger partial charge on any atom is -0.491 e. The number of carbonyl (C=O) groups excluding carboxylic acids is 2. The van der Waals surface area contributed by atoms with Gasteiger partial charge in [-0.15, -0.1) is 0 Å². The Kier molecular flexibility index (Phi) is 9.34. The van der Waals surface area contributed by atoms with Crippen LogP contribution < -0.4 is 16.0 Å². The van der Waals surface area contributed by atoms with Gasteiger partial charge in [-0.25, -0.2) is 0 Å². The molecule has 10 nitrogen and oxygen atoms in total. The van der Waals surface area contributed by atoms with Crippen LogP contribution in [0.3, 0.4) is 0 Å². The molecule has 3 aromatic rings. The molecule has 0 saturated carbocycles. The first-order valence-electron chi connectivity index (χ1n) is 13.1. The van der Waals surface area contributed by atoms with Crippen LogP contribution in [0.2, 0.25) is 0 Å². The van der Waals surface area contributed by atoms with Gasteiger partial charge in [0.25, 0.3) is 5.91 Å². The van der Waals surface area contributed by atoms with Gasteiger partial charge in [0.05, 0.1) is 19.6 Å². The third kappa shape index (κ3) is 6.58. The van der Waals surface area contributed by atoms with Crippen LogP contribution >= 0.6 is 0 Å². The number of pyridine rings is 1. The number of amides is 1. The third-order valence-corrected chi connectivity index (χ3v) is 7.13. The van der Waals surface area contributed by atoms with Crippen molar-refractivity contribution in [2.45, 2.75) is 25.3 Å². The standard InChI is InChI=1S/C30H34N4O6/c1-38-14-15-40-26-11-9-21(28(31)32)16-23(26)17-24(30(37)39-2)25-4-3-13-34(25)29(36)20-7-5-19(6-8-20)22-10-12-27(35)33-18-22/h5-12,16,18,24-25H,3-4,13-15,17H2,1-2H3,(H3,31,32)(H,33,35)/t24?,25-/m1/s1. The number of nitrogen functional groups attached to an aromatic ring is 1. The second-order valence-electron chi connectivity index (χ2n) is 9.64. The van der Waals surface area contributed by atoms with Crippen LogP contribution in [0, 0.1) is 11.3 Å². The van der Waals surface area contributed by atoms with Gasteiger partial charge in [-0.2, -0.15) is 0 Å². The van der Waals surface area contributed by atoms with Crippen molar-refractivity contribution in [2.75, 3.05) is 34.0 Å². The van der Waals surface area contributed by atoms with E-state index in [4.69, 9.17) is 25.4 Å². The van der Waals surface area contributed by atoms with E-state index in [1.807, 2.05) is 12.1 Å². The van der Waals surface area contributed by atoms with Crippen molar-refractivity contribution in [3.8, 4) is 16.9 Å². The van der Waals surface area contributed by atoms with Gasteiger partial charge in [-0.3, -0.25) is 19.8 Å². The number of likely N-dealkylation sites (tertiary alicyclic amines) is 1. The molecule has 1 unspecified atom stereocenters. The number of ether oxygens (including phenoxy) is 3. The molecular formula is C30H34N4O6. The number of nitrogens with two attached hydrogens (primary N) is 1. The van der Waals surface area contributed by atoms with Crippen molar-refractivity contribution in [1.82, 2.24) is 9.88 Å².